The second-order valence-electron chi connectivity index (χ2n) is 6.51. The van der Waals surface area contributed by atoms with E-state index in [1.54, 1.807) is 41.8 Å². The molecule has 0 bridgehead atoms. The molecule has 2 amide bonds. The topological polar surface area (TPSA) is 112 Å². The summed E-state index contributed by atoms with van der Waals surface area (Å²) in [5, 5.41) is 7.06. The van der Waals surface area contributed by atoms with E-state index in [1.807, 2.05) is 0 Å². The van der Waals surface area contributed by atoms with Crippen LogP contribution in [0.2, 0.25) is 0 Å². The van der Waals surface area contributed by atoms with Crippen LogP contribution >= 0.6 is 11.3 Å². The van der Waals surface area contributed by atoms with Crippen molar-refractivity contribution in [1.82, 2.24) is 0 Å². The van der Waals surface area contributed by atoms with Crippen LogP contribution in [0.1, 0.15) is 20.0 Å². The fraction of sp³-hybridized carbons (Fsp3) is 0.174. The summed E-state index contributed by atoms with van der Waals surface area (Å²) in [5.74, 6) is -0.748. The van der Waals surface area contributed by atoms with E-state index in [4.69, 9.17) is 18.9 Å². The molecule has 0 aliphatic carbocycles. The first-order valence-electron chi connectivity index (χ1n) is 9.67. The maximum Gasteiger partial charge on any atom is 0.340 e. The Morgan fingerprint density at radius 3 is 2.18 bits per heavy atom. The van der Waals surface area contributed by atoms with E-state index in [0.29, 0.717) is 22.1 Å². The van der Waals surface area contributed by atoms with Gasteiger partial charge in [0.15, 0.2) is 18.1 Å². The fourth-order valence-corrected chi connectivity index (χ4v) is 3.50. The summed E-state index contributed by atoms with van der Waals surface area (Å²) < 4.78 is 20.9. The highest BCUT2D eigenvalue weighted by molar-refractivity contribution is 7.12. The number of nitrogens with one attached hydrogen (secondary N) is 2. The van der Waals surface area contributed by atoms with Gasteiger partial charge in [0.1, 0.15) is 5.75 Å². The van der Waals surface area contributed by atoms with Crippen LogP contribution in [-0.4, -0.2) is 45.7 Å². The number of hydrogen-bond acceptors (Lipinski definition) is 8. The molecule has 0 aliphatic rings. The lowest BCUT2D eigenvalue weighted by Crippen LogP contribution is -2.22. The van der Waals surface area contributed by atoms with Crippen molar-refractivity contribution in [2.45, 2.75) is 0 Å². The summed E-state index contributed by atoms with van der Waals surface area (Å²) in [4.78, 5) is 38.1. The number of amides is 2. The third kappa shape index (κ3) is 5.80. The van der Waals surface area contributed by atoms with E-state index in [0.717, 1.165) is 0 Å². The van der Waals surface area contributed by atoms with E-state index in [2.05, 4.69) is 10.6 Å². The molecule has 0 unspecified atom stereocenters. The number of rotatable bonds is 9. The van der Waals surface area contributed by atoms with Gasteiger partial charge in [0, 0.05) is 12.1 Å². The number of carbonyl (C=O) groups excluding carboxylic acids is 3. The first-order chi connectivity index (χ1) is 16.0. The molecule has 0 spiro atoms. The van der Waals surface area contributed by atoms with Crippen LogP contribution < -0.4 is 24.8 Å². The van der Waals surface area contributed by atoms with Crippen molar-refractivity contribution >= 4 is 40.5 Å². The van der Waals surface area contributed by atoms with Crippen LogP contribution in [-0.2, 0) is 9.53 Å². The Bertz CT molecular complexity index is 1150. The largest absolute Gasteiger partial charge is 0.495 e. The summed E-state index contributed by atoms with van der Waals surface area (Å²) >= 11 is 1.25. The minimum atomic E-state index is -0.826. The monoisotopic (exact) mass is 470 g/mol. The van der Waals surface area contributed by atoms with Crippen LogP contribution in [0.15, 0.2) is 53.9 Å². The van der Waals surface area contributed by atoms with Crippen molar-refractivity contribution in [2.24, 2.45) is 0 Å². The molecule has 9 nitrogen and oxygen atoms in total. The molecule has 0 saturated heterocycles. The summed E-state index contributed by atoms with van der Waals surface area (Å²) in [5.41, 5.74) is 0.597. The number of anilines is 2. The van der Waals surface area contributed by atoms with Gasteiger partial charge >= 0.3 is 5.97 Å². The normalized spacial score (nSPS) is 10.2. The molecule has 1 aromatic heterocycles. The van der Waals surface area contributed by atoms with Crippen molar-refractivity contribution in [2.75, 3.05) is 38.6 Å². The molecule has 33 heavy (non-hydrogen) atoms. The van der Waals surface area contributed by atoms with E-state index in [-0.39, 0.29) is 17.0 Å². The fourth-order valence-electron chi connectivity index (χ4n) is 2.89. The lowest BCUT2D eigenvalue weighted by molar-refractivity contribution is -0.119. The third-order valence-corrected chi connectivity index (χ3v) is 5.32. The average molecular weight is 471 g/mol. The maximum absolute atomic E-state index is 12.8. The number of para-hydroxylation sites is 2. The van der Waals surface area contributed by atoms with E-state index >= 15 is 0 Å². The molecule has 0 atom stereocenters. The zero-order valence-electron chi connectivity index (χ0n) is 18.2. The van der Waals surface area contributed by atoms with Crippen molar-refractivity contribution in [3.63, 3.8) is 0 Å². The smallest absolute Gasteiger partial charge is 0.340 e. The van der Waals surface area contributed by atoms with Gasteiger partial charge in [0.05, 0.1) is 43.1 Å². The molecule has 3 rings (SSSR count). The standard InChI is InChI=1S/C23H22N2O7S/c1-29-17-8-5-4-7-15(17)24-21(26)13-32-23(28)14-11-18(30-2)19(31-3)12-16(14)25-22(27)20-9-6-10-33-20/h4-12H,13H2,1-3H3,(H,24,26)(H,25,27). The van der Waals surface area contributed by atoms with Gasteiger partial charge in [-0.05, 0) is 23.6 Å². The molecule has 2 N–H and O–H groups in total. The molecule has 0 saturated carbocycles. The summed E-state index contributed by atoms with van der Waals surface area (Å²) in [6.45, 7) is -0.552. The second kappa shape index (κ2) is 11.0. The first kappa shape index (κ1) is 23.6. The van der Waals surface area contributed by atoms with Gasteiger partial charge in [-0.15, -0.1) is 11.3 Å². The number of carbonyl (C=O) groups is 3. The molecule has 0 aliphatic heterocycles. The minimum absolute atomic E-state index is 0.00245. The third-order valence-electron chi connectivity index (χ3n) is 4.45. The van der Waals surface area contributed by atoms with Gasteiger partial charge in [0.25, 0.3) is 11.8 Å². The van der Waals surface area contributed by atoms with Gasteiger partial charge in [-0.3, -0.25) is 9.59 Å². The van der Waals surface area contributed by atoms with Crippen molar-refractivity contribution < 1.29 is 33.3 Å². The van der Waals surface area contributed by atoms with Crippen LogP contribution in [0.3, 0.4) is 0 Å². The van der Waals surface area contributed by atoms with Crippen molar-refractivity contribution in [3.05, 3.63) is 64.4 Å². The number of methoxy groups -OCH3 is 3. The number of hydrogen-bond donors (Lipinski definition) is 2. The molecule has 2 aromatic carbocycles. The lowest BCUT2D eigenvalue weighted by Gasteiger charge is -2.15. The van der Waals surface area contributed by atoms with Gasteiger partial charge in [-0.2, -0.15) is 0 Å². The van der Waals surface area contributed by atoms with Crippen molar-refractivity contribution in [3.8, 4) is 17.2 Å². The molecule has 3 aromatic rings. The highest BCUT2D eigenvalue weighted by atomic mass is 32.1. The quantitative estimate of drug-likeness (QED) is 0.457. The number of benzene rings is 2. The number of thiophene rings is 1. The van der Waals surface area contributed by atoms with Gasteiger partial charge in [-0.25, -0.2) is 4.79 Å². The SMILES string of the molecule is COc1ccccc1NC(=O)COC(=O)c1cc(OC)c(OC)cc1NC(=O)c1cccs1. The van der Waals surface area contributed by atoms with Gasteiger partial charge in [-0.1, -0.05) is 18.2 Å². The molecule has 172 valence electrons. The predicted octanol–water partition coefficient (Wildman–Crippen LogP) is 3.82. The number of esters is 1. The zero-order chi connectivity index (χ0) is 23.8. The first-order valence-corrected chi connectivity index (χ1v) is 10.6. The Balaban J connectivity index is 1.77. The Morgan fingerprint density at radius 1 is 0.818 bits per heavy atom. The maximum atomic E-state index is 12.8. The van der Waals surface area contributed by atoms with Crippen LogP contribution in [0.4, 0.5) is 11.4 Å². The minimum Gasteiger partial charge on any atom is -0.495 e. The second-order valence-corrected chi connectivity index (χ2v) is 7.46. The van der Waals surface area contributed by atoms with E-state index in [9.17, 15) is 14.4 Å². The average Bonchev–Trinajstić information content (AvgIpc) is 3.38. The van der Waals surface area contributed by atoms with Gasteiger partial charge in [0.2, 0.25) is 0 Å². The highest BCUT2D eigenvalue weighted by Gasteiger charge is 2.21. The lowest BCUT2D eigenvalue weighted by atomic mass is 10.1. The molecular weight excluding hydrogens is 448 g/mol. The molecule has 1 heterocycles. The van der Waals surface area contributed by atoms with Crippen LogP contribution in [0, 0.1) is 0 Å². The Labute approximate surface area is 194 Å². The predicted molar refractivity (Wildman–Crippen MR) is 124 cm³/mol. The molecular formula is C23H22N2O7S. The van der Waals surface area contributed by atoms with Crippen molar-refractivity contribution in [1.29, 1.82) is 0 Å². The van der Waals surface area contributed by atoms with Gasteiger partial charge < -0.3 is 29.6 Å². The number of ether oxygens (including phenoxy) is 4. The van der Waals surface area contributed by atoms with Crippen LogP contribution in [0.25, 0.3) is 0 Å². The van der Waals surface area contributed by atoms with E-state index < -0.39 is 24.4 Å². The summed E-state index contributed by atoms with van der Waals surface area (Å²) in [6, 6.07) is 13.1. The Morgan fingerprint density at radius 2 is 1.52 bits per heavy atom. The van der Waals surface area contributed by atoms with E-state index in [1.165, 1.54) is 44.8 Å². The molecule has 0 fully saturated rings. The molecule has 0 radical (unpaired) electrons. The summed E-state index contributed by atoms with van der Waals surface area (Å²) in [6.07, 6.45) is 0. The van der Waals surface area contributed by atoms with Crippen LogP contribution in [0.5, 0.6) is 17.2 Å². The Kier molecular flexibility index (Phi) is 7.87. The molecule has 10 heteroatoms. The zero-order valence-corrected chi connectivity index (χ0v) is 19.0. The highest BCUT2D eigenvalue weighted by Crippen LogP contribution is 2.34. The Hall–Kier alpha value is -4.05. The summed E-state index contributed by atoms with van der Waals surface area (Å²) in [7, 11) is 4.33.